The third-order valence-corrected chi connectivity index (χ3v) is 6.77. The minimum absolute atomic E-state index is 0.200. The minimum atomic E-state index is -3.29. The van der Waals surface area contributed by atoms with E-state index in [9.17, 15) is 8.42 Å². The molecule has 0 aromatic carbocycles. The van der Waals surface area contributed by atoms with Gasteiger partial charge in [-0.1, -0.05) is 19.8 Å². The van der Waals surface area contributed by atoms with Crippen LogP contribution in [0.15, 0.2) is 0 Å². The Morgan fingerprint density at radius 1 is 1.15 bits per heavy atom. The van der Waals surface area contributed by atoms with E-state index in [1.807, 2.05) is 0 Å². The van der Waals surface area contributed by atoms with Gasteiger partial charge in [0, 0.05) is 25.7 Å². The van der Waals surface area contributed by atoms with Gasteiger partial charge in [0.1, 0.15) is 0 Å². The molecule has 5 nitrogen and oxygen atoms in total. The van der Waals surface area contributed by atoms with Gasteiger partial charge in [-0.25, -0.2) is 0 Å². The summed E-state index contributed by atoms with van der Waals surface area (Å²) in [5.74, 6) is 0.644. The van der Waals surface area contributed by atoms with Crippen LogP contribution in [0, 0.1) is 5.92 Å². The summed E-state index contributed by atoms with van der Waals surface area (Å²) in [5, 5.41) is 0. The van der Waals surface area contributed by atoms with Crippen molar-refractivity contribution in [3.05, 3.63) is 0 Å². The second-order valence-corrected chi connectivity index (χ2v) is 8.16. The molecule has 1 saturated heterocycles. The van der Waals surface area contributed by atoms with Crippen molar-refractivity contribution in [1.82, 2.24) is 8.61 Å². The lowest BCUT2D eigenvalue weighted by atomic mass is 10.0. The van der Waals surface area contributed by atoms with Crippen LogP contribution in [0.25, 0.3) is 0 Å². The number of rotatable bonds is 6. The summed E-state index contributed by atoms with van der Waals surface area (Å²) in [5.41, 5.74) is 5.58. The van der Waals surface area contributed by atoms with E-state index < -0.39 is 10.2 Å². The van der Waals surface area contributed by atoms with Crippen molar-refractivity contribution in [2.75, 3.05) is 26.2 Å². The molecule has 2 rings (SSSR count). The van der Waals surface area contributed by atoms with Crippen LogP contribution in [0.2, 0.25) is 0 Å². The highest BCUT2D eigenvalue weighted by Crippen LogP contribution is 2.29. The van der Waals surface area contributed by atoms with E-state index in [2.05, 4.69) is 6.92 Å². The number of nitrogens with two attached hydrogens (primary N) is 1. The van der Waals surface area contributed by atoms with Gasteiger partial charge >= 0.3 is 0 Å². The topological polar surface area (TPSA) is 66.6 Å². The quantitative estimate of drug-likeness (QED) is 0.809. The predicted octanol–water partition coefficient (Wildman–Crippen LogP) is 1.56. The molecule has 1 aliphatic heterocycles. The Labute approximate surface area is 123 Å². The standard InChI is InChI=1S/C14H29N3O2S/c1-13-7-11-16(12-8-13)20(18,19)17(10-4-9-15)14-5-2-3-6-14/h13-14H,2-12,15H2,1H3. The van der Waals surface area contributed by atoms with E-state index in [1.54, 1.807) is 8.61 Å². The Morgan fingerprint density at radius 3 is 2.30 bits per heavy atom. The lowest BCUT2D eigenvalue weighted by molar-refractivity contribution is 0.243. The van der Waals surface area contributed by atoms with Crippen LogP contribution in [0.5, 0.6) is 0 Å². The van der Waals surface area contributed by atoms with Gasteiger partial charge < -0.3 is 5.73 Å². The summed E-state index contributed by atoms with van der Waals surface area (Å²) in [6.07, 6.45) is 7.03. The fraction of sp³-hybridized carbons (Fsp3) is 1.00. The Balaban J connectivity index is 2.08. The second-order valence-electron chi connectivity index (χ2n) is 6.28. The van der Waals surface area contributed by atoms with E-state index in [0.29, 0.717) is 32.1 Å². The summed E-state index contributed by atoms with van der Waals surface area (Å²) >= 11 is 0. The average Bonchev–Trinajstić information content (AvgIpc) is 2.93. The average molecular weight is 303 g/mol. The van der Waals surface area contributed by atoms with E-state index >= 15 is 0 Å². The fourth-order valence-electron chi connectivity index (χ4n) is 3.29. The molecule has 0 aromatic rings. The molecule has 2 N–H and O–H groups in total. The van der Waals surface area contributed by atoms with Gasteiger partial charge in [0.15, 0.2) is 0 Å². The zero-order chi connectivity index (χ0) is 14.6. The van der Waals surface area contributed by atoms with Crippen LogP contribution in [0.1, 0.15) is 51.9 Å². The monoisotopic (exact) mass is 303 g/mol. The third-order valence-electron chi connectivity index (χ3n) is 4.68. The van der Waals surface area contributed by atoms with E-state index in [0.717, 1.165) is 44.9 Å². The summed E-state index contributed by atoms with van der Waals surface area (Å²) in [4.78, 5) is 0. The van der Waals surface area contributed by atoms with Crippen molar-refractivity contribution in [1.29, 1.82) is 0 Å². The van der Waals surface area contributed by atoms with E-state index in [4.69, 9.17) is 5.73 Å². The Kier molecular flexibility index (Phi) is 5.84. The Bertz CT molecular complexity index is 385. The predicted molar refractivity (Wildman–Crippen MR) is 81.5 cm³/mol. The SMILES string of the molecule is CC1CCN(S(=O)(=O)N(CCCN)C2CCCC2)CC1. The van der Waals surface area contributed by atoms with Gasteiger partial charge in [-0.05, 0) is 44.6 Å². The first-order valence-corrected chi connectivity index (χ1v) is 9.42. The summed E-state index contributed by atoms with van der Waals surface area (Å²) in [6.45, 7) is 4.68. The maximum absolute atomic E-state index is 12.9. The molecular weight excluding hydrogens is 274 g/mol. The van der Waals surface area contributed by atoms with Crippen molar-refractivity contribution in [2.45, 2.75) is 57.9 Å². The largest absolute Gasteiger partial charge is 0.330 e. The van der Waals surface area contributed by atoms with Crippen molar-refractivity contribution in [3.8, 4) is 0 Å². The van der Waals surface area contributed by atoms with Crippen molar-refractivity contribution in [3.63, 3.8) is 0 Å². The molecule has 0 aromatic heterocycles. The van der Waals surface area contributed by atoms with Gasteiger partial charge in [0.25, 0.3) is 10.2 Å². The van der Waals surface area contributed by atoms with Crippen molar-refractivity contribution < 1.29 is 8.42 Å². The van der Waals surface area contributed by atoms with Gasteiger partial charge in [0.05, 0.1) is 0 Å². The molecule has 20 heavy (non-hydrogen) atoms. The molecule has 0 radical (unpaired) electrons. The van der Waals surface area contributed by atoms with E-state index in [-0.39, 0.29) is 6.04 Å². The van der Waals surface area contributed by atoms with Crippen LogP contribution >= 0.6 is 0 Å². The van der Waals surface area contributed by atoms with Crippen LogP contribution in [0.4, 0.5) is 0 Å². The number of piperidine rings is 1. The highest BCUT2D eigenvalue weighted by molar-refractivity contribution is 7.86. The lowest BCUT2D eigenvalue weighted by Gasteiger charge is -2.36. The second kappa shape index (κ2) is 7.20. The summed E-state index contributed by atoms with van der Waals surface area (Å²) in [7, 11) is -3.29. The van der Waals surface area contributed by atoms with Gasteiger partial charge in [-0.15, -0.1) is 0 Å². The molecule has 6 heteroatoms. The lowest BCUT2D eigenvalue weighted by Crippen LogP contribution is -2.50. The van der Waals surface area contributed by atoms with Crippen LogP contribution in [0.3, 0.4) is 0 Å². The highest BCUT2D eigenvalue weighted by Gasteiger charge is 2.36. The third kappa shape index (κ3) is 3.72. The molecule has 0 unspecified atom stereocenters. The van der Waals surface area contributed by atoms with E-state index in [1.165, 1.54) is 0 Å². The minimum Gasteiger partial charge on any atom is -0.330 e. The molecule has 2 fully saturated rings. The van der Waals surface area contributed by atoms with Crippen molar-refractivity contribution >= 4 is 10.2 Å². The van der Waals surface area contributed by atoms with Gasteiger partial charge in [-0.2, -0.15) is 17.0 Å². The van der Waals surface area contributed by atoms with Crippen molar-refractivity contribution in [2.24, 2.45) is 11.7 Å². The van der Waals surface area contributed by atoms with Gasteiger partial charge in [0.2, 0.25) is 0 Å². The molecule has 2 aliphatic rings. The maximum Gasteiger partial charge on any atom is 0.282 e. The maximum atomic E-state index is 12.9. The first-order valence-electron chi connectivity index (χ1n) is 8.02. The molecule has 118 valence electrons. The molecule has 0 amide bonds. The number of hydrogen-bond donors (Lipinski definition) is 1. The fourth-order valence-corrected chi connectivity index (χ4v) is 5.21. The normalized spacial score (nSPS) is 23.8. The highest BCUT2D eigenvalue weighted by atomic mass is 32.2. The number of nitrogens with zero attached hydrogens (tertiary/aromatic N) is 2. The first kappa shape index (κ1) is 16.2. The molecule has 1 saturated carbocycles. The number of hydrogen-bond acceptors (Lipinski definition) is 3. The zero-order valence-corrected chi connectivity index (χ0v) is 13.4. The van der Waals surface area contributed by atoms with Gasteiger partial charge in [-0.3, -0.25) is 0 Å². The molecule has 0 atom stereocenters. The molecular formula is C14H29N3O2S. The summed E-state index contributed by atoms with van der Waals surface area (Å²) in [6, 6.07) is 0.200. The van der Waals surface area contributed by atoms with Crippen LogP contribution < -0.4 is 5.73 Å². The zero-order valence-electron chi connectivity index (χ0n) is 12.6. The molecule has 0 bridgehead atoms. The van der Waals surface area contributed by atoms with Crippen LogP contribution in [-0.2, 0) is 10.2 Å². The Morgan fingerprint density at radius 2 is 1.75 bits per heavy atom. The van der Waals surface area contributed by atoms with Crippen LogP contribution in [-0.4, -0.2) is 49.2 Å². The first-order chi connectivity index (χ1) is 9.55. The smallest absolute Gasteiger partial charge is 0.282 e. The molecule has 1 heterocycles. The molecule has 1 aliphatic carbocycles. The molecule has 0 spiro atoms. The Hall–Kier alpha value is -0.170. The summed E-state index contributed by atoms with van der Waals surface area (Å²) < 4.78 is 29.2.